The third kappa shape index (κ3) is 7.74. The molecular weight excluding hydrogens is 433 g/mol. The topological polar surface area (TPSA) is 65.0 Å². The number of urea groups is 1. The lowest BCUT2D eigenvalue weighted by molar-refractivity contribution is 0.0154. The smallest absolute Gasteiger partial charge is 0.321 e. The van der Waals surface area contributed by atoms with Crippen LogP contribution in [0.2, 0.25) is 5.02 Å². The number of hydrogen-bond donors (Lipinski definition) is 2. The summed E-state index contributed by atoms with van der Waals surface area (Å²) in [6.07, 6.45) is -0.224. The van der Waals surface area contributed by atoms with Crippen LogP contribution < -0.4 is 5.32 Å². The Labute approximate surface area is 194 Å². The minimum absolute atomic E-state index is 0.0226. The van der Waals surface area contributed by atoms with Gasteiger partial charge in [0.15, 0.2) is 0 Å². The average Bonchev–Trinajstić information content (AvgIpc) is 2.78. The van der Waals surface area contributed by atoms with E-state index in [1.54, 1.807) is 19.1 Å². The number of carbonyl (C=O) groups excluding carboxylic acids is 1. The van der Waals surface area contributed by atoms with Crippen molar-refractivity contribution in [3.63, 3.8) is 0 Å². The van der Waals surface area contributed by atoms with Crippen LogP contribution in [-0.4, -0.2) is 66.9 Å². The van der Waals surface area contributed by atoms with Gasteiger partial charge in [0.2, 0.25) is 0 Å². The standard InChI is InChI=1S/C24H33ClFN3O3/c1-17(13-29(18(2)16-30)14-19-7-5-6-8-22(19)25)23(32-4)15-28(3)24(31)27-21-11-9-20(26)10-12-21/h5-12,17-18,23,30H,13-16H2,1-4H3,(H,27,31)/t17-,18+,23+/m1/s1. The molecule has 2 aromatic carbocycles. The molecule has 3 atom stereocenters. The molecule has 0 fully saturated rings. The van der Waals surface area contributed by atoms with Gasteiger partial charge < -0.3 is 20.1 Å². The van der Waals surface area contributed by atoms with Crippen LogP contribution in [0, 0.1) is 11.7 Å². The molecule has 32 heavy (non-hydrogen) atoms. The zero-order valence-corrected chi connectivity index (χ0v) is 19.8. The molecule has 0 saturated heterocycles. The Kier molecular flexibility index (Phi) is 10.4. The van der Waals surface area contributed by atoms with Gasteiger partial charge >= 0.3 is 6.03 Å². The summed E-state index contributed by atoms with van der Waals surface area (Å²) in [4.78, 5) is 16.2. The lowest BCUT2D eigenvalue weighted by Crippen LogP contribution is -2.45. The molecule has 2 N–H and O–H groups in total. The Bertz CT molecular complexity index is 853. The van der Waals surface area contributed by atoms with Gasteiger partial charge in [0.1, 0.15) is 5.82 Å². The van der Waals surface area contributed by atoms with Crippen molar-refractivity contribution in [3.05, 3.63) is 64.9 Å². The molecular formula is C24H33ClFN3O3. The minimum atomic E-state index is -0.358. The SMILES string of the molecule is CO[C@@H](CN(C)C(=O)Nc1ccc(F)cc1)[C@H](C)CN(Cc1ccccc1Cl)[C@@H](C)CO. The van der Waals surface area contributed by atoms with E-state index in [9.17, 15) is 14.3 Å². The lowest BCUT2D eigenvalue weighted by Gasteiger charge is -2.34. The van der Waals surface area contributed by atoms with E-state index in [1.165, 1.54) is 24.3 Å². The van der Waals surface area contributed by atoms with Crippen LogP contribution in [0.4, 0.5) is 14.9 Å². The number of benzene rings is 2. The minimum Gasteiger partial charge on any atom is -0.395 e. The van der Waals surface area contributed by atoms with Crippen LogP contribution in [0.25, 0.3) is 0 Å². The molecule has 0 aliphatic rings. The summed E-state index contributed by atoms with van der Waals surface area (Å²) in [7, 11) is 3.32. The third-order valence-electron chi connectivity index (χ3n) is 5.57. The Balaban J connectivity index is 2.00. The number of amides is 2. The van der Waals surface area contributed by atoms with Crippen LogP contribution in [0.1, 0.15) is 19.4 Å². The second-order valence-electron chi connectivity index (χ2n) is 8.12. The van der Waals surface area contributed by atoms with Crippen molar-refractivity contribution in [1.29, 1.82) is 0 Å². The number of rotatable bonds is 11. The number of halogens is 2. The fraction of sp³-hybridized carbons (Fsp3) is 0.458. The first kappa shape index (κ1) is 26.1. The van der Waals surface area contributed by atoms with E-state index in [1.807, 2.05) is 31.2 Å². The lowest BCUT2D eigenvalue weighted by atomic mass is 10.0. The third-order valence-corrected chi connectivity index (χ3v) is 5.94. The molecule has 0 bridgehead atoms. The number of carbonyl (C=O) groups is 1. The van der Waals surface area contributed by atoms with E-state index >= 15 is 0 Å². The number of methoxy groups -OCH3 is 1. The number of hydrogen-bond acceptors (Lipinski definition) is 4. The molecule has 2 amide bonds. The molecule has 0 heterocycles. The fourth-order valence-corrected chi connectivity index (χ4v) is 3.64. The van der Waals surface area contributed by atoms with Crippen LogP contribution in [0.5, 0.6) is 0 Å². The first-order chi connectivity index (χ1) is 15.2. The van der Waals surface area contributed by atoms with Crippen LogP contribution in [0.15, 0.2) is 48.5 Å². The molecule has 6 nitrogen and oxygen atoms in total. The Morgan fingerprint density at radius 3 is 2.41 bits per heavy atom. The van der Waals surface area contributed by atoms with Gasteiger partial charge in [0.25, 0.3) is 0 Å². The van der Waals surface area contributed by atoms with Crippen LogP contribution in [-0.2, 0) is 11.3 Å². The summed E-state index contributed by atoms with van der Waals surface area (Å²) in [5.41, 5.74) is 1.51. The average molecular weight is 466 g/mol. The summed E-state index contributed by atoms with van der Waals surface area (Å²) < 4.78 is 18.8. The summed E-state index contributed by atoms with van der Waals surface area (Å²) >= 11 is 6.34. The molecule has 0 radical (unpaired) electrons. The highest BCUT2D eigenvalue weighted by Crippen LogP contribution is 2.21. The molecule has 2 rings (SSSR count). The van der Waals surface area contributed by atoms with Crippen LogP contribution >= 0.6 is 11.6 Å². The van der Waals surface area contributed by atoms with Gasteiger partial charge in [-0.25, -0.2) is 9.18 Å². The Hall–Kier alpha value is -2.19. The van der Waals surface area contributed by atoms with E-state index in [2.05, 4.69) is 17.1 Å². The first-order valence-electron chi connectivity index (χ1n) is 10.6. The van der Waals surface area contributed by atoms with Gasteiger partial charge in [-0.1, -0.05) is 36.7 Å². The predicted molar refractivity (Wildman–Crippen MR) is 126 cm³/mol. The van der Waals surface area contributed by atoms with E-state index in [4.69, 9.17) is 16.3 Å². The fourth-order valence-electron chi connectivity index (χ4n) is 3.44. The van der Waals surface area contributed by atoms with E-state index in [0.717, 1.165) is 5.56 Å². The van der Waals surface area contributed by atoms with Gasteiger partial charge in [-0.15, -0.1) is 0 Å². The van der Waals surface area contributed by atoms with Gasteiger partial charge in [-0.2, -0.15) is 0 Å². The molecule has 0 aromatic heterocycles. The van der Waals surface area contributed by atoms with Crippen molar-refractivity contribution < 1.29 is 19.0 Å². The molecule has 0 aliphatic carbocycles. The summed E-state index contributed by atoms with van der Waals surface area (Å²) in [5, 5.41) is 13.2. The van der Waals surface area contributed by atoms with E-state index in [0.29, 0.717) is 30.3 Å². The highest BCUT2D eigenvalue weighted by atomic mass is 35.5. The van der Waals surface area contributed by atoms with Crippen molar-refractivity contribution in [3.8, 4) is 0 Å². The number of nitrogens with one attached hydrogen (secondary N) is 1. The zero-order valence-electron chi connectivity index (χ0n) is 19.1. The number of aliphatic hydroxyl groups excluding tert-OH is 1. The second kappa shape index (κ2) is 12.7. The number of ether oxygens (including phenoxy) is 1. The summed E-state index contributed by atoms with van der Waals surface area (Å²) in [5.74, 6) is -0.291. The van der Waals surface area contributed by atoms with E-state index in [-0.39, 0.29) is 36.5 Å². The van der Waals surface area contributed by atoms with Gasteiger partial charge in [-0.05, 0) is 48.7 Å². The molecule has 0 saturated carbocycles. The normalized spacial score (nSPS) is 14.1. The van der Waals surface area contributed by atoms with Crippen molar-refractivity contribution in [2.75, 3.05) is 39.2 Å². The maximum Gasteiger partial charge on any atom is 0.321 e. The maximum atomic E-state index is 13.1. The predicted octanol–water partition coefficient (Wildman–Crippen LogP) is 4.48. The summed E-state index contributed by atoms with van der Waals surface area (Å²) in [6, 6.07) is 12.9. The van der Waals surface area contributed by atoms with Gasteiger partial charge in [-0.3, -0.25) is 4.90 Å². The van der Waals surface area contributed by atoms with Gasteiger partial charge in [0.05, 0.1) is 12.7 Å². The van der Waals surface area contributed by atoms with Crippen molar-refractivity contribution in [2.45, 2.75) is 32.5 Å². The Morgan fingerprint density at radius 1 is 1.16 bits per heavy atom. The highest BCUT2D eigenvalue weighted by Gasteiger charge is 2.25. The van der Waals surface area contributed by atoms with Gasteiger partial charge in [0, 0.05) is 50.5 Å². The maximum absolute atomic E-state index is 13.1. The van der Waals surface area contributed by atoms with Crippen molar-refractivity contribution in [2.24, 2.45) is 5.92 Å². The summed E-state index contributed by atoms with van der Waals surface area (Å²) in [6.45, 7) is 5.67. The second-order valence-corrected chi connectivity index (χ2v) is 8.53. The quantitative estimate of drug-likeness (QED) is 0.513. The Morgan fingerprint density at radius 2 is 1.81 bits per heavy atom. The number of aliphatic hydroxyl groups is 1. The molecule has 0 aliphatic heterocycles. The largest absolute Gasteiger partial charge is 0.395 e. The number of anilines is 1. The number of nitrogens with zero attached hydrogens (tertiary/aromatic N) is 2. The zero-order chi connectivity index (χ0) is 23.7. The highest BCUT2D eigenvalue weighted by molar-refractivity contribution is 6.31. The first-order valence-corrected chi connectivity index (χ1v) is 11.0. The van der Waals surface area contributed by atoms with E-state index < -0.39 is 0 Å². The van der Waals surface area contributed by atoms with Crippen LogP contribution in [0.3, 0.4) is 0 Å². The number of likely N-dealkylation sites (N-methyl/N-ethyl adjacent to an activating group) is 1. The monoisotopic (exact) mass is 465 g/mol. The molecule has 0 spiro atoms. The van der Waals surface area contributed by atoms with Crippen molar-refractivity contribution >= 4 is 23.3 Å². The van der Waals surface area contributed by atoms with Crippen molar-refractivity contribution in [1.82, 2.24) is 9.80 Å². The molecule has 2 aromatic rings. The molecule has 176 valence electrons. The molecule has 8 heteroatoms. The molecule has 0 unspecified atom stereocenters.